The number of aryl methyl sites for hydroxylation is 3. The molecule has 21 heavy (non-hydrogen) atoms. The van der Waals surface area contributed by atoms with Crippen LogP contribution in [0.1, 0.15) is 48.6 Å². The monoisotopic (exact) mass is 281 g/mol. The number of hydrogen-bond donors (Lipinski definition) is 1. The molecule has 0 fully saturated rings. The molecule has 2 unspecified atom stereocenters. The fraction of sp³-hybridized carbons (Fsp3) is 0.400. The summed E-state index contributed by atoms with van der Waals surface area (Å²) in [7, 11) is 0. The van der Waals surface area contributed by atoms with E-state index in [-0.39, 0.29) is 0 Å². The molecule has 0 saturated carbocycles. The first kappa shape index (κ1) is 15.8. The summed E-state index contributed by atoms with van der Waals surface area (Å²) < 4.78 is 0. The van der Waals surface area contributed by atoms with Crippen LogP contribution in [0.15, 0.2) is 48.5 Å². The number of hydrogen-bond acceptors (Lipinski definition) is 1. The van der Waals surface area contributed by atoms with Gasteiger partial charge < -0.3 is 5.32 Å². The van der Waals surface area contributed by atoms with Crippen molar-refractivity contribution in [3.05, 3.63) is 70.8 Å². The van der Waals surface area contributed by atoms with Gasteiger partial charge in [0.15, 0.2) is 0 Å². The zero-order chi connectivity index (χ0) is 15.2. The van der Waals surface area contributed by atoms with Crippen LogP contribution in [0, 0.1) is 13.8 Å². The molecule has 0 aliphatic heterocycles. The summed E-state index contributed by atoms with van der Waals surface area (Å²) in [6.07, 6.45) is 2.30. The largest absolute Gasteiger partial charge is 0.308 e. The van der Waals surface area contributed by atoms with Gasteiger partial charge in [0.2, 0.25) is 0 Å². The summed E-state index contributed by atoms with van der Waals surface area (Å²) in [5.74, 6) is 0. The van der Waals surface area contributed by atoms with E-state index in [0.717, 1.165) is 6.42 Å². The van der Waals surface area contributed by atoms with Gasteiger partial charge in [-0.3, -0.25) is 0 Å². The van der Waals surface area contributed by atoms with Crippen LogP contribution in [0.5, 0.6) is 0 Å². The van der Waals surface area contributed by atoms with E-state index in [1.54, 1.807) is 0 Å². The molecule has 0 aromatic heterocycles. The van der Waals surface area contributed by atoms with Crippen molar-refractivity contribution in [1.82, 2.24) is 5.32 Å². The summed E-state index contributed by atoms with van der Waals surface area (Å²) >= 11 is 0. The zero-order valence-corrected chi connectivity index (χ0v) is 13.7. The fourth-order valence-electron chi connectivity index (χ4n) is 2.92. The summed E-state index contributed by atoms with van der Waals surface area (Å²) in [6.45, 7) is 8.88. The van der Waals surface area contributed by atoms with Crippen molar-refractivity contribution in [2.75, 3.05) is 0 Å². The van der Waals surface area contributed by atoms with Crippen LogP contribution in [0.25, 0.3) is 0 Å². The Hall–Kier alpha value is -1.60. The van der Waals surface area contributed by atoms with E-state index in [1.807, 2.05) is 0 Å². The van der Waals surface area contributed by atoms with Crippen LogP contribution in [0.2, 0.25) is 0 Å². The molecule has 0 aliphatic carbocycles. The maximum atomic E-state index is 3.72. The van der Waals surface area contributed by atoms with E-state index < -0.39 is 0 Å². The molecule has 0 spiro atoms. The second kappa shape index (κ2) is 7.42. The van der Waals surface area contributed by atoms with Gasteiger partial charge in [0.25, 0.3) is 0 Å². The summed E-state index contributed by atoms with van der Waals surface area (Å²) in [5, 5.41) is 3.72. The minimum absolute atomic E-state index is 0.402. The Morgan fingerprint density at radius 3 is 2.43 bits per heavy atom. The molecule has 0 saturated heterocycles. The topological polar surface area (TPSA) is 12.0 Å². The molecular formula is C20H27N. The highest BCUT2D eigenvalue weighted by Crippen LogP contribution is 2.18. The lowest BCUT2D eigenvalue weighted by Crippen LogP contribution is -2.29. The van der Waals surface area contributed by atoms with Gasteiger partial charge in [0.1, 0.15) is 0 Å². The first-order chi connectivity index (χ1) is 10.1. The average molecular weight is 281 g/mol. The van der Waals surface area contributed by atoms with E-state index >= 15 is 0 Å². The Labute approximate surface area is 129 Å². The maximum absolute atomic E-state index is 3.72. The van der Waals surface area contributed by atoms with Crippen molar-refractivity contribution in [1.29, 1.82) is 0 Å². The fourth-order valence-corrected chi connectivity index (χ4v) is 2.92. The van der Waals surface area contributed by atoms with Gasteiger partial charge in [-0.1, -0.05) is 54.1 Å². The number of rotatable bonds is 6. The zero-order valence-electron chi connectivity index (χ0n) is 13.7. The van der Waals surface area contributed by atoms with Gasteiger partial charge in [-0.15, -0.1) is 0 Å². The predicted molar refractivity (Wildman–Crippen MR) is 91.7 cm³/mol. The van der Waals surface area contributed by atoms with E-state index in [9.17, 15) is 0 Å². The molecule has 0 aliphatic rings. The third-order valence-electron chi connectivity index (χ3n) is 4.14. The quantitative estimate of drug-likeness (QED) is 0.787. The SMILES string of the molecule is Cc1cccc(CCC(C)NC(C)c2ccccc2C)c1. The van der Waals surface area contributed by atoms with E-state index in [0.29, 0.717) is 12.1 Å². The van der Waals surface area contributed by atoms with Crippen LogP contribution in [0.4, 0.5) is 0 Å². The third-order valence-corrected chi connectivity index (χ3v) is 4.14. The highest BCUT2D eigenvalue weighted by atomic mass is 14.9. The number of nitrogens with one attached hydrogen (secondary N) is 1. The second-order valence-electron chi connectivity index (χ2n) is 6.17. The van der Waals surface area contributed by atoms with Crippen LogP contribution in [0.3, 0.4) is 0 Å². The van der Waals surface area contributed by atoms with E-state index in [2.05, 4.69) is 81.5 Å². The standard InChI is InChI=1S/C20H27N/c1-15-8-7-10-19(14-15)13-12-17(3)21-18(4)20-11-6-5-9-16(20)2/h5-11,14,17-18,21H,12-13H2,1-4H3. The highest BCUT2D eigenvalue weighted by Gasteiger charge is 2.11. The predicted octanol–water partition coefficient (Wildman–Crippen LogP) is 4.98. The van der Waals surface area contributed by atoms with Crippen molar-refractivity contribution >= 4 is 0 Å². The summed E-state index contributed by atoms with van der Waals surface area (Å²) in [6, 6.07) is 18.4. The highest BCUT2D eigenvalue weighted by molar-refractivity contribution is 5.28. The van der Waals surface area contributed by atoms with Crippen LogP contribution in [-0.2, 0) is 6.42 Å². The van der Waals surface area contributed by atoms with Crippen LogP contribution < -0.4 is 5.32 Å². The molecule has 1 N–H and O–H groups in total. The second-order valence-corrected chi connectivity index (χ2v) is 6.17. The third kappa shape index (κ3) is 4.71. The molecule has 1 nitrogen and oxygen atoms in total. The Morgan fingerprint density at radius 2 is 1.71 bits per heavy atom. The van der Waals surface area contributed by atoms with Gasteiger partial charge in [0, 0.05) is 12.1 Å². The molecule has 112 valence electrons. The minimum Gasteiger partial charge on any atom is -0.308 e. The Kier molecular flexibility index (Phi) is 5.58. The van der Waals surface area contributed by atoms with Crippen LogP contribution >= 0.6 is 0 Å². The van der Waals surface area contributed by atoms with Gasteiger partial charge in [-0.2, -0.15) is 0 Å². The lowest BCUT2D eigenvalue weighted by molar-refractivity contribution is 0.455. The van der Waals surface area contributed by atoms with E-state index in [4.69, 9.17) is 0 Å². The average Bonchev–Trinajstić information content (AvgIpc) is 2.45. The molecule has 2 atom stereocenters. The first-order valence-corrected chi connectivity index (χ1v) is 7.93. The minimum atomic E-state index is 0.402. The van der Waals surface area contributed by atoms with Crippen molar-refractivity contribution in [3.63, 3.8) is 0 Å². The van der Waals surface area contributed by atoms with Gasteiger partial charge in [-0.05, 0) is 57.2 Å². The Balaban J connectivity index is 1.87. The van der Waals surface area contributed by atoms with Crippen molar-refractivity contribution in [2.45, 2.75) is 52.6 Å². The molecule has 0 heterocycles. The maximum Gasteiger partial charge on any atom is 0.0296 e. The Morgan fingerprint density at radius 1 is 0.952 bits per heavy atom. The van der Waals surface area contributed by atoms with Crippen molar-refractivity contribution < 1.29 is 0 Å². The number of benzene rings is 2. The first-order valence-electron chi connectivity index (χ1n) is 7.93. The normalized spacial score (nSPS) is 13.9. The smallest absolute Gasteiger partial charge is 0.0296 e. The molecular weight excluding hydrogens is 254 g/mol. The van der Waals surface area contributed by atoms with Crippen LogP contribution in [-0.4, -0.2) is 6.04 Å². The molecule has 2 aromatic rings. The lowest BCUT2D eigenvalue weighted by Gasteiger charge is -2.22. The molecule has 1 heteroatoms. The molecule has 2 aromatic carbocycles. The van der Waals surface area contributed by atoms with Gasteiger partial charge in [0.05, 0.1) is 0 Å². The van der Waals surface area contributed by atoms with Gasteiger partial charge >= 0.3 is 0 Å². The molecule has 0 radical (unpaired) electrons. The molecule has 0 amide bonds. The summed E-state index contributed by atoms with van der Waals surface area (Å²) in [5.41, 5.74) is 5.55. The lowest BCUT2D eigenvalue weighted by atomic mass is 10.00. The van der Waals surface area contributed by atoms with Crippen molar-refractivity contribution in [3.8, 4) is 0 Å². The van der Waals surface area contributed by atoms with Gasteiger partial charge in [-0.25, -0.2) is 0 Å². The Bertz CT molecular complexity index is 574. The summed E-state index contributed by atoms with van der Waals surface area (Å²) in [4.78, 5) is 0. The van der Waals surface area contributed by atoms with E-state index in [1.165, 1.54) is 28.7 Å². The molecule has 2 rings (SSSR count). The molecule has 0 bridgehead atoms. The van der Waals surface area contributed by atoms with Crippen molar-refractivity contribution in [2.24, 2.45) is 0 Å².